The molecule has 2 N–H and O–H groups in total. The third-order valence-electron chi connectivity index (χ3n) is 3.78. The van der Waals surface area contributed by atoms with Crippen molar-refractivity contribution < 1.29 is 9.30 Å². The molecule has 116 valence electrons. The molecule has 0 heterocycles. The molecule has 0 saturated carbocycles. The van der Waals surface area contributed by atoms with Crippen LogP contribution >= 0.6 is 7.14 Å². The minimum atomic E-state index is -3.06. The van der Waals surface area contributed by atoms with E-state index in [9.17, 15) is 4.57 Å². The number of nitrogens with two attached hydrogens (primary N) is 1. The Labute approximate surface area is 136 Å². The largest absolute Gasteiger partial charge is 0.496 e. The van der Waals surface area contributed by atoms with Gasteiger partial charge in [0.2, 0.25) is 0 Å². The van der Waals surface area contributed by atoms with Gasteiger partial charge in [0.1, 0.15) is 5.75 Å². The normalized spacial score (nSPS) is 11.2. The molecule has 0 aliphatic rings. The molecule has 0 saturated heterocycles. The molecule has 0 atom stereocenters. The van der Waals surface area contributed by atoms with Crippen LogP contribution in [0.4, 0.5) is 5.69 Å². The first-order chi connectivity index (χ1) is 11.2. The van der Waals surface area contributed by atoms with E-state index in [0.717, 1.165) is 10.6 Å². The molecule has 0 fully saturated rings. The molecule has 0 spiro atoms. The fourth-order valence-electron chi connectivity index (χ4n) is 2.66. The van der Waals surface area contributed by atoms with Crippen LogP contribution in [-0.4, -0.2) is 7.11 Å². The average Bonchev–Trinajstić information content (AvgIpc) is 2.62. The number of hydrogen-bond acceptors (Lipinski definition) is 3. The Bertz CT molecular complexity index is 804. The van der Waals surface area contributed by atoms with Gasteiger partial charge < -0.3 is 15.0 Å². The number of benzene rings is 3. The zero-order valence-corrected chi connectivity index (χ0v) is 13.7. The van der Waals surface area contributed by atoms with Gasteiger partial charge in [-0.1, -0.05) is 60.7 Å². The van der Waals surface area contributed by atoms with E-state index in [-0.39, 0.29) is 0 Å². The van der Waals surface area contributed by atoms with Crippen molar-refractivity contribution >= 4 is 28.7 Å². The van der Waals surface area contributed by atoms with Crippen molar-refractivity contribution in [2.24, 2.45) is 0 Å². The van der Waals surface area contributed by atoms with Gasteiger partial charge in [0.05, 0.1) is 12.4 Å². The van der Waals surface area contributed by atoms with Gasteiger partial charge in [-0.25, -0.2) is 0 Å². The summed E-state index contributed by atoms with van der Waals surface area (Å²) >= 11 is 0. The smallest absolute Gasteiger partial charge is 0.174 e. The second-order valence-electron chi connectivity index (χ2n) is 5.21. The Morgan fingerprint density at radius 1 is 0.826 bits per heavy atom. The molecule has 23 heavy (non-hydrogen) atoms. The summed E-state index contributed by atoms with van der Waals surface area (Å²) in [7, 11) is -1.48. The third kappa shape index (κ3) is 2.76. The van der Waals surface area contributed by atoms with E-state index in [2.05, 4.69) is 0 Å². The number of methoxy groups -OCH3 is 1. The van der Waals surface area contributed by atoms with Gasteiger partial charge >= 0.3 is 0 Å². The van der Waals surface area contributed by atoms with E-state index in [4.69, 9.17) is 10.5 Å². The van der Waals surface area contributed by atoms with Crippen LogP contribution in [0.2, 0.25) is 0 Å². The Balaban J connectivity index is 2.35. The fraction of sp³-hybridized carbons (Fsp3) is 0.0526. The predicted molar refractivity (Wildman–Crippen MR) is 96.8 cm³/mol. The second kappa shape index (κ2) is 6.31. The molecule has 3 aromatic rings. The molecule has 0 unspecified atom stereocenters. The summed E-state index contributed by atoms with van der Waals surface area (Å²) < 4.78 is 19.7. The van der Waals surface area contributed by atoms with Crippen LogP contribution in [0.1, 0.15) is 0 Å². The molecule has 0 radical (unpaired) electrons. The number of rotatable bonds is 4. The lowest BCUT2D eigenvalue weighted by Crippen LogP contribution is -2.26. The van der Waals surface area contributed by atoms with E-state index >= 15 is 0 Å². The van der Waals surface area contributed by atoms with Crippen molar-refractivity contribution in [1.29, 1.82) is 0 Å². The maximum absolute atomic E-state index is 14.2. The topological polar surface area (TPSA) is 52.3 Å². The first-order valence-corrected chi connectivity index (χ1v) is 9.02. The summed E-state index contributed by atoms with van der Waals surface area (Å²) in [4.78, 5) is 0. The van der Waals surface area contributed by atoms with Crippen LogP contribution in [0.5, 0.6) is 5.75 Å². The first kappa shape index (κ1) is 15.4. The summed E-state index contributed by atoms with van der Waals surface area (Å²) in [6.07, 6.45) is 0. The van der Waals surface area contributed by atoms with Crippen LogP contribution in [0, 0.1) is 0 Å². The first-order valence-electron chi connectivity index (χ1n) is 7.31. The van der Waals surface area contributed by atoms with Gasteiger partial charge in [-0.3, -0.25) is 0 Å². The Hall–Kier alpha value is -2.51. The average molecular weight is 323 g/mol. The minimum Gasteiger partial charge on any atom is -0.496 e. The molecule has 0 aliphatic heterocycles. The highest BCUT2D eigenvalue weighted by atomic mass is 31.2. The van der Waals surface area contributed by atoms with Crippen molar-refractivity contribution in [1.82, 2.24) is 0 Å². The lowest BCUT2D eigenvalue weighted by Gasteiger charge is -2.22. The monoisotopic (exact) mass is 323 g/mol. The van der Waals surface area contributed by atoms with Gasteiger partial charge in [0.15, 0.2) is 7.14 Å². The molecule has 0 aromatic heterocycles. The van der Waals surface area contributed by atoms with Crippen molar-refractivity contribution in [3.63, 3.8) is 0 Å². The zero-order chi connectivity index (χ0) is 16.3. The lowest BCUT2D eigenvalue weighted by molar-refractivity contribution is 0.418. The second-order valence-corrected chi connectivity index (χ2v) is 7.94. The summed E-state index contributed by atoms with van der Waals surface area (Å²) in [6, 6.07) is 24.2. The molecule has 3 aromatic carbocycles. The van der Waals surface area contributed by atoms with Gasteiger partial charge in [0, 0.05) is 16.3 Å². The van der Waals surface area contributed by atoms with E-state index in [1.165, 1.54) is 0 Å². The number of ether oxygens (including phenoxy) is 1. The summed E-state index contributed by atoms with van der Waals surface area (Å²) in [5.74, 6) is 0.579. The quantitative estimate of drug-likeness (QED) is 0.593. The van der Waals surface area contributed by atoms with E-state index in [0.29, 0.717) is 16.7 Å². The molecule has 3 rings (SSSR count). The highest BCUT2D eigenvalue weighted by molar-refractivity contribution is 7.85. The van der Waals surface area contributed by atoms with Crippen molar-refractivity contribution in [2.75, 3.05) is 12.8 Å². The molecule has 0 bridgehead atoms. The summed E-state index contributed by atoms with van der Waals surface area (Å²) in [5.41, 5.74) is 6.52. The van der Waals surface area contributed by atoms with E-state index < -0.39 is 7.14 Å². The van der Waals surface area contributed by atoms with Crippen molar-refractivity contribution in [2.45, 2.75) is 0 Å². The summed E-state index contributed by atoms with van der Waals surface area (Å²) in [5, 5.41) is 2.14. The third-order valence-corrected chi connectivity index (χ3v) is 6.86. The molecular weight excluding hydrogens is 305 g/mol. The van der Waals surface area contributed by atoms with E-state index in [1.54, 1.807) is 25.3 Å². The predicted octanol–water partition coefficient (Wildman–Crippen LogP) is 2.92. The molecule has 0 amide bonds. The van der Waals surface area contributed by atoms with Crippen LogP contribution in [-0.2, 0) is 4.57 Å². The molecule has 3 nitrogen and oxygen atoms in total. The SMILES string of the molecule is COc1ccc(N)cc1P(=O)(c1ccccc1)c1ccccc1. The van der Waals surface area contributed by atoms with Gasteiger partial charge in [-0.15, -0.1) is 0 Å². The Morgan fingerprint density at radius 3 is 1.83 bits per heavy atom. The maximum atomic E-state index is 14.2. The number of anilines is 1. The van der Waals surface area contributed by atoms with Crippen LogP contribution in [0.3, 0.4) is 0 Å². The van der Waals surface area contributed by atoms with Gasteiger partial charge in [-0.2, -0.15) is 0 Å². The van der Waals surface area contributed by atoms with Gasteiger partial charge in [-0.05, 0) is 18.2 Å². The lowest BCUT2D eigenvalue weighted by atomic mass is 10.3. The molecule has 0 aliphatic carbocycles. The van der Waals surface area contributed by atoms with Crippen molar-refractivity contribution in [3.05, 3.63) is 78.9 Å². The molecular formula is C19H18NO2P. The number of hydrogen-bond donors (Lipinski definition) is 1. The maximum Gasteiger partial charge on any atom is 0.174 e. The van der Waals surface area contributed by atoms with Crippen LogP contribution in [0.15, 0.2) is 78.9 Å². The van der Waals surface area contributed by atoms with Crippen LogP contribution in [0.25, 0.3) is 0 Å². The highest BCUT2D eigenvalue weighted by Crippen LogP contribution is 2.45. The highest BCUT2D eigenvalue weighted by Gasteiger charge is 2.32. The zero-order valence-electron chi connectivity index (χ0n) is 12.8. The number of nitrogen functional groups attached to an aromatic ring is 1. The standard InChI is InChI=1S/C19H18NO2P/c1-22-18-13-12-15(20)14-19(18)23(21,16-8-4-2-5-9-16)17-10-6-3-7-11-17/h2-14H,20H2,1H3. The summed E-state index contributed by atoms with van der Waals surface area (Å²) in [6.45, 7) is 0. The van der Waals surface area contributed by atoms with Gasteiger partial charge in [0.25, 0.3) is 0 Å². The minimum absolute atomic E-state index is 0.563. The van der Waals surface area contributed by atoms with Crippen molar-refractivity contribution in [3.8, 4) is 5.75 Å². The van der Waals surface area contributed by atoms with Crippen LogP contribution < -0.4 is 26.4 Å². The molecule has 4 heteroatoms. The fourth-order valence-corrected chi connectivity index (χ4v) is 5.50. The Morgan fingerprint density at radius 2 is 1.35 bits per heavy atom. The Kier molecular flexibility index (Phi) is 4.22. The van der Waals surface area contributed by atoms with E-state index in [1.807, 2.05) is 60.7 Å².